The minimum Gasteiger partial charge on any atom is -0.378 e. The van der Waals surface area contributed by atoms with Crippen LogP contribution in [0.1, 0.15) is 45.4 Å². The van der Waals surface area contributed by atoms with Gasteiger partial charge in [0.1, 0.15) is 0 Å². The summed E-state index contributed by atoms with van der Waals surface area (Å²) >= 11 is 0. The van der Waals surface area contributed by atoms with Crippen molar-refractivity contribution in [1.29, 1.82) is 0 Å². The number of carbonyl (C=O) groups excluding carboxylic acids is 2. The van der Waals surface area contributed by atoms with Gasteiger partial charge in [0.25, 0.3) is 0 Å². The zero-order valence-electron chi connectivity index (χ0n) is 17.6. The lowest BCUT2D eigenvalue weighted by Gasteiger charge is -2.39. The Bertz CT molecular complexity index is 670. The highest BCUT2D eigenvalue weighted by Gasteiger charge is 2.36. The molecule has 2 amide bonds. The molecule has 9 heteroatoms. The van der Waals surface area contributed by atoms with E-state index in [2.05, 4.69) is 0 Å². The van der Waals surface area contributed by atoms with Gasteiger partial charge in [-0.05, 0) is 32.1 Å². The van der Waals surface area contributed by atoms with Crippen LogP contribution in [-0.4, -0.2) is 92.6 Å². The van der Waals surface area contributed by atoms with E-state index in [0.29, 0.717) is 71.7 Å². The molecule has 1 unspecified atom stereocenters. The fraction of sp³-hybridized carbons (Fsp3) is 0.900. The molecule has 3 aliphatic rings. The predicted molar refractivity (Wildman–Crippen MR) is 110 cm³/mol. The summed E-state index contributed by atoms with van der Waals surface area (Å²) in [7, 11) is -3.20. The number of piperidine rings is 2. The number of amides is 2. The van der Waals surface area contributed by atoms with Crippen LogP contribution in [0, 0.1) is 11.8 Å². The van der Waals surface area contributed by atoms with Crippen LogP contribution in [0.25, 0.3) is 0 Å². The van der Waals surface area contributed by atoms with Gasteiger partial charge in [-0.1, -0.05) is 13.3 Å². The molecule has 0 bridgehead atoms. The third-order valence-electron chi connectivity index (χ3n) is 6.36. The van der Waals surface area contributed by atoms with Crippen molar-refractivity contribution < 1.29 is 22.7 Å². The number of ether oxygens (including phenoxy) is 1. The summed E-state index contributed by atoms with van der Waals surface area (Å²) in [4.78, 5) is 29.5. The van der Waals surface area contributed by atoms with Gasteiger partial charge in [-0.2, -0.15) is 0 Å². The highest BCUT2D eigenvalue weighted by molar-refractivity contribution is 7.89. The highest BCUT2D eigenvalue weighted by atomic mass is 32.2. The molecule has 0 aromatic carbocycles. The lowest BCUT2D eigenvalue weighted by molar-refractivity contribution is -0.145. The third-order valence-corrected chi connectivity index (χ3v) is 8.31. The minimum absolute atomic E-state index is 0.0927. The highest BCUT2D eigenvalue weighted by Crippen LogP contribution is 2.26. The Labute approximate surface area is 174 Å². The van der Waals surface area contributed by atoms with Gasteiger partial charge < -0.3 is 14.5 Å². The molecule has 3 rings (SSSR count). The van der Waals surface area contributed by atoms with Crippen molar-refractivity contribution in [2.45, 2.75) is 45.4 Å². The second kappa shape index (κ2) is 10.2. The number of rotatable bonds is 6. The van der Waals surface area contributed by atoms with Crippen LogP contribution in [0.4, 0.5) is 0 Å². The first kappa shape index (κ1) is 22.5. The number of likely N-dealkylation sites (tertiary alicyclic amines) is 1. The second-order valence-corrected chi connectivity index (χ2v) is 10.5. The van der Waals surface area contributed by atoms with Crippen LogP contribution in [0.15, 0.2) is 0 Å². The van der Waals surface area contributed by atoms with Crippen molar-refractivity contribution in [3.63, 3.8) is 0 Å². The van der Waals surface area contributed by atoms with E-state index in [9.17, 15) is 18.0 Å². The predicted octanol–water partition coefficient (Wildman–Crippen LogP) is 0.926. The third kappa shape index (κ3) is 5.70. The number of nitrogens with zero attached hydrogens (tertiary/aromatic N) is 3. The smallest absolute Gasteiger partial charge is 0.227 e. The molecular formula is C20H35N3O5S. The van der Waals surface area contributed by atoms with Crippen LogP contribution in [0.2, 0.25) is 0 Å². The van der Waals surface area contributed by atoms with Crippen molar-refractivity contribution in [2.75, 3.05) is 58.2 Å². The Morgan fingerprint density at radius 3 is 2.21 bits per heavy atom. The fourth-order valence-corrected chi connectivity index (χ4v) is 6.19. The van der Waals surface area contributed by atoms with E-state index in [-0.39, 0.29) is 29.4 Å². The van der Waals surface area contributed by atoms with Crippen molar-refractivity contribution in [1.82, 2.24) is 14.1 Å². The van der Waals surface area contributed by atoms with Crippen LogP contribution >= 0.6 is 0 Å². The molecular weight excluding hydrogens is 394 g/mol. The van der Waals surface area contributed by atoms with Crippen molar-refractivity contribution in [2.24, 2.45) is 11.8 Å². The molecule has 0 aromatic heterocycles. The summed E-state index contributed by atoms with van der Waals surface area (Å²) < 4.78 is 31.6. The van der Waals surface area contributed by atoms with E-state index in [1.165, 1.54) is 0 Å². The van der Waals surface area contributed by atoms with Crippen LogP contribution in [0.5, 0.6) is 0 Å². The average molecular weight is 430 g/mol. The molecule has 0 radical (unpaired) electrons. The summed E-state index contributed by atoms with van der Waals surface area (Å²) in [5, 5.41) is 0. The van der Waals surface area contributed by atoms with E-state index in [1.54, 1.807) is 4.31 Å². The van der Waals surface area contributed by atoms with E-state index >= 15 is 0 Å². The maximum atomic E-state index is 13.0. The molecule has 3 fully saturated rings. The van der Waals surface area contributed by atoms with Crippen molar-refractivity contribution in [3.05, 3.63) is 0 Å². The Kier molecular flexibility index (Phi) is 7.92. The quantitative estimate of drug-likeness (QED) is 0.627. The molecule has 0 spiro atoms. The Hall–Kier alpha value is -1.19. The maximum absolute atomic E-state index is 13.0. The molecule has 8 nitrogen and oxygen atoms in total. The molecule has 3 saturated heterocycles. The summed E-state index contributed by atoms with van der Waals surface area (Å²) in [6.07, 6.45) is 4.34. The summed E-state index contributed by atoms with van der Waals surface area (Å²) in [6.45, 7) is 6.45. The zero-order chi connectivity index (χ0) is 20.9. The van der Waals surface area contributed by atoms with Gasteiger partial charge in [-0.3, -0.25) is 9.59 Å². The molecule has 29 heavy (non-hydrogen) atoms. The molecule has 166 valence electrons. The second-order valence-electron chi connectivity index (χ2n) is 8.40. The monoisotopic (exact) mass is 429 g/mol. The van der Waals surface area contributed by atoms with Gasteiger partial charge in [0, 0.05) is 45.2 Å². The standard InChI is InChI=1S/C20H35N3O5S/c1-2-3-15-29(26,27)23-9-6-17(7-10-23)19(24)22-8-4-5-18(16-22)20(25)21-11-13-28-14-12-21/h17-18H,2-16H2,1H3. The molecule has 1 atom stereocenters. The average Bonchev–Trinajstić information content (AvgIpc) is 2.77. The SMILES string of the molecule is CCCCS(=O)(=O)N1CCC(C(=O)N2CCCC(C(=O)N3CCOCC3)C2)CC1. The van der Waals surface area contributed by atoms with Gasteiger partial charge in [-0.15, -0.1) is 0 Å². The van der Waals surface area contributed by atoms with Crippen LogP contribution in [0.3, 0.4) is 0 Å². The largest absolute Gasteiger partial charge is 0.378 e. The Balaban J connectivity index is 1.51. The Morgan fingerprint density at radius 2 is 1.55 bits per heavy atom. The van der Waals surface area contributed by atoms with Gasteiger partial charge in [0.05, 0.1) is 24.9 Å². The lowest BCUT2D eigenvalue weighted by Crippen LogP contribution is -2.51. The Morgan fingerprint density at radius 1 is 0.897 bits per heavy atom. The van der Waals surface area contributed by atoms with Gasteiger partial charge in [0.15, 0.2) is 0 Å². The number of hydrogen-bond acceptors (Lipinski definition) is 5. The molecule has 0 aliphatic carbocycles. The summed E-state index contributed by atoms with van der Waals surface area (Å²) in [6, 6.07) is 0. The van der Waals surface area contributed by atoms with Gasteiger partial charge in [-0.25, -0.2) is 12.7 Å². The normalized spacial score (nSPS) is 25.2. The first-order valence-corrected chi connectivity index (χ1v) is 12.7. The fourth-order valence-electron chi connectivity index (χ4n) is 4.52. The van der Waals surface area contributed by atoms with Gasteiger partial charge in [0.2, 0.25) is 21.8 Å². The number of morpholine rings is 1. The molecule has 0 N–H and O–H groups in total. The van der Waals surface area contributed by atoms with Crippen molar-refractivity contribution >= 4 is 21.8 Å². The lowest BCUT2D eigenvalue weighted by atomic mass is 9.92. The summed E-state index contributed by atoms with van der Waals surface area (Å²) in [5.74, 6) is 0.169. The first-order valence-electron chi connectivity index (χ1n) is 11.1. The summed E-state index contributed by atoms with van der Waals surface area (Å²) in [5.41, 5.74) is 0. The zero-order valence-corrected chi connectivity index (χ0v) is 18.4. The van der Waals surface area contributed by atoms with Crippen molar-refractivity contribution in [3.8, 4) is 0 Å². The van der Waals surface area contributed by atoms with E-state index in [0.717, 1.165) is 19.3 Å². The first-order chi connectivity index (χ1) is 13.9. The van der Waals surface area contributed by atoms with Crippen LogP contribution < -0.4 is 0 Å². The van der Waals surface area contributed by atoms with E-state index in [1.807, 2.05) is 16.7 Å². The maximum Gasteiger partial charge on any atom is 0.227 e. The van der Waals surface area contributed by atoms with E-state index in [4.69, 9.17) is 4.74 Å². The van der Waals surface area contributed by atoms with Gasteiger partial charge >= 0.3 is 0 Å². The minimum atomic E-state index is -3.20. The number of carbonyl (C=O) groups is 2. The topological polar surface area (TPSA) is 87.2 Å². The van der Waals surface area contributed by atoms with Crippen LogP contribution in [-0.2, 0) is 24.3 Å². The number of unbranched alkanes of at least 4 members (excludes halogenated alkanes) is 1. The molecule has 3 aliphatic heterocycles. The number of sulfonamides is 1. The molecule has 0 saturated carbocycles. The molecule has 0 aromatic rings. The number of hydrogen-bond donors (Lipinski definition) is 0. The van der Waals surface area contributed by atoms with E-state index < -0.39 is 10.0 Å². The molecule has 3 heterocycles.